The number of amides is 2. The van der Waals surface area contributed by atoms with E-state index in [0.29, 0.717) is 17.8 Å². The lowest BCUT2D eigenvalue weighted by atomic mass is 10.1. The van der Waals surface area contributed by atoms with Crippen molar-refractivity contribution >= 4 is 23.5 Å². The van der Waals surface area contributed by atoms with Crippen molar-refractivity contribution in [3.63, 3.8) is 0 Å². The van der Waals surface area contributed by atoms with E-state index in [-0.39, 0.29) is 18.6 Å². The molecular formula is C18H22N2O5. The second-order valence-electron chi connectivity index (χ2n) is 5.50. The third-order valence-electron chi connectivity index (χ3n) is 3.56. The Kier molecular flexibility index (Phi) is 7.16. The molecular weight excluding hydrogens is 324 g/mol. The Balaban J connectivity index is 1.87. The molecule has 1 heterocycles. The van der Waals surface area contributed by atoms with Gasteiger partial charge < -0.3 is 20.1 Å². The molecule has 1 aromatic carbocycles. The lowest BCUT2D eigenvalue weighted by Gasteiger charge is -2.11. The van der Waals surface area contributed by atoms with Crippen LogP contribution in [0.2, 0.25) is 0 Å². The standard InChI is InChI=1S/C18H22N2O5/c1-2-24-17(22)9-8-16(21)20-14-6-3-5-13(11-14)18(23)19-12-15-7-4-10-25-15/h3,5-6,8-9,11,15H,2,4,7,10,12H2,1H3,(H,19,23)(H,20,21)/b9-8+. The predicted octanol–water partition coefficient (Wildman–Crippen LogP) is 1.65. The molecule has 1 fully saturated rings. The number of rotatable bonds is 7. The number of esters is 1. The molecule has 25 heavy (non-hydrogen) atoms. The van der Waals surface area contributed by atoms with Crippen molar-refractivity contribution in [2.24, 2.45) is 0 Å². The average Bonchev–Trinajstić information content (AvgIpc) is 3.12. The van der Waals surface area contributed by atoms with Crippen LogP contribution in [-0.4, -0.2) is 43.6 Å². The van der Waals surface area contributed by atoms with E-state index >= 15 is 0 Å². The highest BCUT2D eigenvalue weighted by molar-refractivity contribution is 6.03. The number of benzene rings is 1. The van der Waals surface area contributed by atoms with Crippen LogP contribution in [0.4, 0.5) is 5.69 Å². The third kappa shape index (κ3) is 6.39. The van der Waals surface area contributed by atoms with Gasteiger partial charge in [0.2, 0.25) is 5.91 Å². The minimum atomic E-state index is -0.583. The van der Waals surface area contributed by atoms with Crippen molar-refractivity contribution in [3.05, 3.63) is 42.0 Å². The number of ether oxygens (including phenoxy) is 2. The van der Waals surface area contributed by atoms with E-state index in [1.807, 2.05) is 0 Å². The van der Waals surface area contributed by atoms with Crippen LogP contribution in [0.25, 0.3) is 0 Å². The molecule has 2 N–H and O–H groups in total. The molecule has 1 aliphatic rings. The molecule has 0 aliphatic carbocycles. The summed E-state index contributed by atoms with van der Waals surface area (Å²) in [6.07, 6.45) is 4.17. The maximum absolute atomic E-state index is 12.2. The second kappa shape index (κ2) is 9.58. The predicted molar refractivity (Wildman–Crippen MR) is 92.2 cm³/mol. The lowest BCUT2D eigenvalue weighted by Crippen LogP contribution is -2.31. The van der Waals surface area contributed by atoms with Gasteiger partial charge in [-0.15, -0.1) is 0 Å². The minimum absolute atomic E-state index is 0.0693. The second-order valence-corrected chi connectivity index (χ2v) is 5.50. The Labute approximate surface area is 146 Å². The first kappa shape index (κ1) is 18.7. The molecule has 134 valence electrons. The number of carbonyl (C=O) groups excluding carboxylic acids is 3. The molecule has 2 amide bonds. The molecule has 0 spiro atoms. The van der Waals surface area contributed by atoms with Crippen molar-refractivity contribution in [2.45, 2.75) is 25.9 Å². The van der Waals surface area contributed by atoms with Gasteiger partial charge in [0.15, 0.2) is 0 Å². The Morgan fingerprint density at radius 2 is 2.16 bits per heavy atom. The van der Waals surface area contributed by atoms with Gasteiger partial charge in [0, 0.05) is 36.6 Å². The van der Waals surface area contributed by atoms with Gasteiger partial charge in [-0.3, -0.25) is 9.59 Å². The molecule has 7 nitrogen and oxygen atoms in total. The minimum Gasteiger partial charge on any atom is -0.463 e. The summed E-state index contributed by atoms with van der Waals surface area (Å²) in [6.45, 7) is 3.13. The van der Waals surface area contributed by atoms with E-state index in [4.69, 9.17) is 9.47 Å². The van der Waals surface area contributed by atoms with Crippen molar-refractivity contribution in [1.29, 1.82) is 0 Å². The Bertz CT molecular complexity index is 651. The summed E-state index contributed by atoms with van der Waals surface area (Å²) in [6, 6.07) is 6.56. The summed E-state index contributed by atoms with van der Waals surface area (Å²) in [5.74, 6) is -1.29. The Hall–Kier alpha value is -2.67. The monoisotopic (exact) mass is 346 g/mol. The molecule has 1 saturated heterocycles. The highest BCUT2D eigenvalue weighted by atomic mass is 16.5. The summed E-state index contributed by atoms with van der Waals surface area (Å²) < 4.78 is 10.2. The molecule has 1 aliphatic heterocycles. The van der Waals surface area contributed by atoms with Gasteiger partial charge in [0.1, 0.15) is 0 Å². The van der Waals surface area contributed by atoms with Gasteiger partial charge >= 0.3 is 5.97 Å². The first-order chi connectivity index (χ1) is 12.1. The highest BCUT2D eigenvalue weighted by Crippen LogP contribution is 2.13. The quantitative estimate of drug-likeness (QED) is 0.578. The van der Waals surface area contributed by atoms with Gasteiger partial charge in [-0.05, 0) is 38.0 Å². The van der Waals surface area contributed by atoms with Crippen molar-refractivity contribution in [1.82, 2.24) is 5.32 Å². The van der Waals surface area contributed by atoms with Gasteiger partial charge in [0.25, 0.3) is 5.91 Å². The molecule has 1 unspecified atom stereocenters. The fraction of sp³-hybridized carbons (Fsp3) is 0.389. The molecule has 0 radical (unpaired) electrons. The van der Waals surface area contributed by atoms with E-state index < -0.39 is 11.9 Å². The van der Waals surface area contributed by atoms with Crippen LogP contribution in [0.5, 0.6) is 0 Å². The summed E-state index contributed by atoms with van der Waals surface area (Å²) in [7, 11) is 0. The van der Waals surface area contributed by atoms with E-state index in [1.165, 1.54) is 0 Å². The summed E-state index contributed by atoms with van der Waals surface area (Å²) in [4.78, 5) is 35.1. The van der Waals surface area contributed by atoms with Gasteiger partial charge in [-0.25, -0.2) is 4.79 Å². The maximum atomic E-state index is 12.2. The normalized spacial score (nSPS) is 16.6. The zero-order valence-electron chi connectivity index (χ0n) is 14.1. The fourth-order valence-electron chi connectivity index (χ4n) is 2.37. The van der Waals surface area contributed by atoms with Crippen LogP contribution >= 0.6 is 0 Å². The summed E-state index contributed by atoms with van der Waals surface area (Å²) in [5, 5.41) is 5.42. The van der Waals surface area contributed by atoms with Crippen molar-refractivity contribution in [3.8, 4) is 0 Å². The molecule has 0 bridgehead atoms. The van der Waals surface area contributed by atoms with Crippen LogP contribution in [0.1, 0.15) is 30.1 Å². The zero-order valence-corrected chi connectivity index (χ0v) is 14.1. The first-order valence-corrected chi connectivity index (χ1v) is 8.24. The van der Waals surface area contributed by atoms with Gasteiger partial charge in [-0.1, -0.05) is 6.07 Å². The van der Waals surface area contributed by atoms with Crippen LogP contribution in [0.3, 0.4) is 0 Å². The van der Waals surface area contributed by atoms with Gasteiger partial charge in [0.05, 0.1) is 12.7 Å². The number of carbonyl (C=O) groups is 3. The molecule has 2 rings (SSSR count). The fourth-order valence-corrected chi connectivity index (χ4v) is 2.37. The third-order valence-corrected chi connectivity index (χ3v) is 3.56. The van der Waals surface area contributed by atoms with Crippen LogP contribution in [-0.2, 0) is 19.1 Å². The largest absolute Gasteiger partial charge is 0.463 e. The smallest absolute Gasteiger partial charge is 0.330 e. The molecule has 1 atom stereocenters. The number of anilines is 1. The van der Waals surface area contributed by atoms with Crippen LogP contribution < -0.4 is 10.6 Å². The van der Waals surface area contributed by atoms with Crippen LogP contribution in [0, 0.1) is 0 Å². The van der Waals surface area contributed by atoms with E-state index in [0.717, 1.165) is 31.6 Å². The van der Waals surface area contributed by atoms with E-state index in [2.05, 4.69) is 10.6 Å². The number of hydrogen-bond acceptors (Lipinski definition) is 5. The number of nitrogens with one attached hydrogen (secondary N) is 2. The molecule has 0 saturated carbocycles. The van der Waals surface area contributed by atoms with Crippen molar-refractivity contribution < 1.29 is 23.9 Å². The van der Waals surface area contributed by atoms with E-state index in [9.17, 15) is 14.4 Å². The topological polar surface area (TPSA) is 93.7 Å². The number of hydrogen-bond donors (Lipinski definition) is 2. The van der Waals surface area contributed by atoms with E-state index in [1.54, 1.807) is 31.2 Å². The molecule has 0 aromatic heterocycles. The summed E-state index contributed by atoms with van der Waals surface area (Å²) >= 11 is 0. The van der Waals surface area contributed by atoms with Gasteiger partial charge in [-0.2, -0.15) is 0 Å². The Morgan fingerprint density at radius 1 is 1.32 bits per heavy atom. The zero-order chi connectivity index (χ0) is 18.1. The maximum Gasteiger partial charge on any atom is 0.330 e. The van der Waals surface area contributed by atoms with Crippen molar-refractivity contribution in [2.75, 3.05) is 25.1 Å². The average molecular weight is 346 g/mol. The first-order valence-electron chi connectivity index (χ1n) is 8.24. The molecule has 7 heteroatoms. The Morgan fingerprint density at radius 3 is 2.88 bits per heavy atom. The van der Waals surface area contributed by atoms with Crippen LogP contribution in [0.15, 0.2) is 36.4 Å². The lowest BCUT2D eigenvalue weighted by molar-refractivity contribution is -0.137. The SMILES string of the molecule is CCOC(=O)/C=C/C(=O)Nc1cccc(C(=O)NCC2CCCO2)c1. The molecule has 1 aromatic rings. The highest BCUT2D eigenvalue weighted by Gasteiger charge is 2.16. The summed E-state index contributed by atoms with van der Waals surface area (Å²) in [5.41, 5.74) is 0.897.